The molecule has 31 heavy (non-hydrogen) atoms. The lowest BCUT2D eigenvalue weighted by Crippen LogP contribution is -2.53. The van der Waals surface area contributed by atoms with E-state index in [2.05, 4.69) is 0 Å². The van der Waals surface area contributed by atoms with Crippen molar-refractivity contribution >= 4 is 29.5 Å². The first kappa shape index (κ1) is 25.5. The summed E-state index contributed by atoms with van der Waals surface area (Å²) in [5.74, 6) is -2.58. The first-order chi connectivity index (χ1) is 14.5. The fourth-order valence-corrected chi connectivity index (χ4v) is 4.46. The van der Waals surface area contributed by atoms with E-state index in [9.17, 15) is 19.5 Å². The Morgan fingerprint density at radius 1 is 1.16 bits per heavy atom. The van der Waals surface area contributed by atoms with Crippen LogP contribution in [0, 0.1) is 23.7 Å². The average molecular weight is 461 g/mol. The minimum absolute atomic E-state index is 0.0372. The molecular weight excluding hydrogens is 428 g/mol. The molecule has 2 aliphatic rings. The Balaban J connectivity index is 2.27. The number of ether oxygens (including phenoxy) is 4. The molecule has 0 aromatic heterocycles. The number of fused-ring (bicyclic) bond motifs is 1. The van der Waals surface area contributed by atoms with Crippen molar-refractivity contribution in [1.29, 1.82) is 0 Å². The fourth-order valence-electron chi connectivity index (χ4n) is 4.11. The second kappa shape index (κ2) is 10.7. The Morgan fingerprint density at radius 3 is 2.32 bits per heavy atom. The Labute approximate surface area is 188 Å². The molecule has 1 fully saturated rings. The van der Waals surface area contributed by atoms with E-state index in [-0.39, 0.29) is 49.6 Å². The molecule has 1 aliphatic heterocycles. The number of alkyl halides is 1. The summed E-state index contributed by atoms with van der Waals surface area (Å²) in [5.41, 5.74) is -1.07. The van der Waals surface area contributed by atoms with Crippen LogP contribution in [-0.4, -0.2) is 53.5 Å². The van der Waals surface area contributed by atoms with Crippen molar-refractivity contribution in [3.63, 3.8) is 0 Å². The van der Waals surface area contributed by atoms with Crippen LogP contribution in [0.3, 0.4) is 0 Å². The van der Waals surface area contributed by atoms with Gasteiger partial charge >= 0.3 is 17.9 Å². The van der Waals surface area contributed by atoms with Gasteiger partial charge < -0.3 is 24.1 Å². The molecule has 176 valence electrons. The van der Waals surface area contributed by atoms with Gasteiger partial charge in [-0.25, -0.2) is 0 Å². The maximum absolute atomic E-state index is 12.3. The molecule has 1 heterocycles. The maximum Gasteiger partial charge on any atom is 0.309 e. The Kier molecular flexibility index (Phi) is 8.77. The van der Waals surface area contributed by atoms with Crippen LogP contribution in [-0.2, 0) is 33.3 Å². The van der Waals surface area contributed by atoms with Crippen molar-refractivity contribution in [3.8, 4) is 0 Å². The minimum atomic E-state index is -1.68. The summed E-state index contributed by atoms with van der Waals surface area (Å²) < 4.78 is 21.9. The number of rotatable bonds is 9. The highest BCUT2D eigenvalue weighted by Gasteiger charge is 2.62. The van der Waals surface area contributed by atoms with Crippen LogP contribution in [0.5, 0.6) is 0 Å². The first-order valence-corrected chi connectivity index (χ1v) is 11.2. The fraction of sp³-hybridized carbons (Fsp3) is 0.773. The highest BCUT2D eigenvalue weighted by atomic mass is 35.5. The van der Waals surface area contributed by atoms with Crippen molar-refractivity contribution in [2.45, 2.75) is 71.9 Å². The normalized spacial score (nSPS) is 29.8. The van der Waals surface area contributed by atoms with E-state index in [1.54, 1.807) is 0 Å². The Hall–Kier alpha value is -1.80. The molecule has 1 saturated carbocycles. The van der Waals surface area contributed by atoms with Crippen LogP contribution in [0.4, 0.5) is 0 Å². The van der Waals surface area contributed by atoms with E-state index in [1.165, 1.54) is 13.2 Å². The number of aliphatic hydroxyl groups is 1. The molecule has 0 unspecified atom stereocenters. The lowest BCUT2D eigenvalue weighted by atomic mass is 9.81. The van der Waals surface area contributed by atoms with Crippen LogP contribution in [0.2, 0.25) is 0 Å². The van der Waals surface area contributed by atoms with Gasteiger partial charge in [-0.1, -0.05) is 27.7 Å². The lowest BCUT2D eigenvalue weighted by Gasteiger charge is -2.40. The SMILES string of the molecule is CC(=O)O[C@@H]1C[C@@H]2C(COC(=O)CC(C)C)=CO[C@H](OC(=O)CC(C)C)[C@@H]2[C@@]1(O)CCl. The number of halogens is 1. The zero-order valence-corrected chi connectivity index (χ0v) is 19.5. The molecule has 0 radical (unpaired) electrons. The number of carbonyl (C=O) groups is 3. The van der Waals surface area contributed by atoms with Crippen molar-refractivity contribution < 1.29 is 38.4 Å². The highest BCUT2D eigenvalue weighted by molar-refractivity contribution is 6.18. The zero-order chi connectivity index (χ0) is 23.3. The lowest BCUT2D eigenvalue weighted by molar-refractivity contribution is -0.211. The third-order valence-corrected chi connectivity index (χ3v) is 5.91. The largest absolute Gasteiger partial charge is 0.462 e. The summed E-state index contributed by atoms with van der Waals surface area (Å²) in [6.45, 7) is 8.81. The molecule has 0 bridgehead atoms. The van der Waals surface area contributed by atoms with Gasteiger partial charge in [0.2, 0.25) is 6.29 Å². The van der Waals surface area contributed by atoms with Gasteiger partial charge in [-0.05, 0) is 18.3 Å². The van der Waals surface area contributed by atoms with Gasteiger partial charge in [0.15, 0.2) is 0 Å². The molecule has 0 spiro atoms. The van der Waals surface area contributed by atoms with Gasteiger partial charge in [-0.2, -0.15) is 0 Å². The van der Waals surface area contributed by atoms with Crippen molar-refractivity contribution in [1.82, 2.24) is 0 Å². The van der Waals surface area contributed by atoms with Gasteiger partial charge in [0, 0.05) is 31.3 Å². The standard InChI is InChI=1S/C22H33ClO8/c1-12(2)6-18(25)28-9-15-10-29-21(31-19(26)7-13(3)4)20-16(15)8-17(30-14(5)24)22(20,27)11-23/h10,12-13,16-17,20-21,27H,6-9,11H2,1-5H3/t16-,17-,20-,21-,22-/m1/s1. The first-order valence-electron chi connectivity index (χ1n) is 10.6. The summed E-state index contributed by atoms with van der Waals surface area (Å²) in [5, 5.41) is 11.4. The quantitative estimate of drug-likeness (QED) is 0.318. The summed E-state index contributed by atoms with van der Waals surface area (Å²) in [7, 11) is 0. The Bertz CT molecular complexity index is 704. The van der Waals surface area contributed by atoms with Crippen LogP contribution < -0.4 is 0 Å². The van der Waals surface area contributed by atoms with E-state index < -0.39 is 41.8 Å². The molecule has 0 aromatic rings. The van der Waals surface area contributed by atoms with E-state index in [4.69, 9.17) is 30.5 Å². The van der Waals surface area contributed by atoms with Crippen LogP contribution >= 0.6 is 11.6 Å². The predicted octanol–water partition coefficient (Wildman–Crippen LogP) is 2.94. The van der Waals surface area contributed by atoms with Crippen LogP contribution in [0.1, 0.15) is 53.9 Å². The predicted molar refractivity (Wildman–Crippen MR) is 112 cm³/mol. The average Bonchev–Trinajstić information content (AvgIpc) is 2.93. The van der Waals surface area contributed by atoms with E-state index >= 15 is 0 Å². The third-order valence-electron chi connectivity index (χ3n) is 5.48. The molecule has 9 heteroatoms. The second-order valence-electron chi connectivity index (χ2n) is 9.13. The topological polar surface area (TPSA) is 108 Å². The molecule has 0 amide bonds. The maximum atomic E-state index is 12.3. The van der Waals surface area contributed by atoms with E-state index in [0.29, 0.717) is 5.57 Å². The van der Waals surface area contributed by atoms with Crippen LogP contribution in [0.15, 0.2) is 11.8 Å². The molecule has 1 N–H and O–H groups in total. The summed E-state index contributed by atoms with van der Waals surface area (Å²) in [6, 6.07) is 0. The van der Waals surface area contributed by atoms with E-state index in [0.717, 1.165) is 0 Å². The smallest absolute Gasteiger partial charge is 0.309 e. The summed E-state index contributed by atoms with van der Waals surface area (Å²) >= 11 is 6.12. The van der Waals surface area contributed by atoms with Crippen LogP contribution in [0.25, 0.3) is 0 Å². The molecule has 2 rings (SSSR count). The number of hydrogen-bond donors (Lipinski definition) is 1. The molecule has 0 aromatic carbocycles. The zero-order valence-electron chi connectivity index (χ0n) is 18.8. The van der Waals surface area contributed by atoms with Crippen molar-refractivity contribution in [2.24, 2.45) is 23.7 Å². The van der Waals surface area contributed by atoms with Gasteiger partial charge in [0.05, 0.1) is 18.1 Å². The number of hydrogen-bond acceptors (Lipinski definition) is 8. The van der Waals surface area contributed by atoms with Gasteiger partial charge in [-0.3, -0.25) is 14.4 Å². The molecular formula is C22H33ClO8. The molecule has 1 aliphatic carbocycles. The molecule has 8 nitrogen and oxygen atoms in total. The van der Waals surface area contributed by atoms with Gasteiger partial charge in [0.1, 0.15) is 18.3 Å². The second-order valence-corrected chi connectivity index (χ2v) is 9.40. The van der Waals surface area contributed by atoms with Crippen molar-refractivity contribution in [3.05, 3.63) is 11.8 Å². The number of carbonyl (C=O) groups excluding carboxylic acids is 3. The molecule has 5 atom stereocenters. The van der Waals surface area contributed by atoms with Gasteiger partial charge in [0.25, 0.3) is 0 Å². The summed E-state index contributed by atoms with van der Waals surface area (Å²) in [4.78, 5) is 35.9. The van der Waals surface area contributed by atoms with Crippen molar-refractivity contribution in [2.75, 3.05) is 12.5 Å². The monoisotopic (exact) mass is 460 g/mol. The third kappa shape index (κ3) is 6.35. The number of esters is 3. The van der Waals surface area contributed by atoms with E-state index in [1.807, 2.05) is 27.7 Å². The highest BCUT2D eigenvalue weighted by Crippen LogP contribution is 2.51. The minimum Gasteiger partial charge on any atom is -0.462 e. The Morgan fingerprint density at radius 2 is 1.77 bits per heavy atom. The molecule has 0 saturated heterocycles. The summed E-state index contributed by atoms with van der Waals surface area (Å²) in [6.07, 6.45) is 0.0907. The van der Waals surface area contributed by atoms with Gasteiger partial charge in [-0.15, -0.1) is 11.6 Å².